The number of hydrogen-bond donors (Lipinski definition) is 1. The van der Waals surface area contributed by atoms with Crippen LogP contribution in [-0.2, 0) is 0 Å². The molecule has 2 rings (SSSR count). The van der Waals surface area contributed by atoms with E-state index < -0.39 is 5.82 Å². The summed E-state index contributed by atoms with van der Waals surface area (Å²) in [5.41, 5.74) is 1.48. The van der Waals surface area contributed by atoms with Gasteiger partial charge >= 0.3 is 0 Å². The van der Waals surface area contributed by atoms with Gasteiger partial charge in [0, 0.05) is 6.07 Å². The fourth-order valence-electron chi connectivity index (χ4n) is 1.65. The van der Waals surface area contributed by atoms with Crippen molar-refractivity contribution >= 4 is 0 Å². The lowest BCUT2D eigenvalue weighted by Crippen LogP contribution is -1.90. The van der Waals surface area contributed by atoms with Crippen molar-refractivity contribution in [1.82, 2.24) is 0 Å². The monoisotopic (exact) mass is 232 g/mol. The maximum absolute atomic E-state index is 13.1. The van der Waals surface area contributed by atoms with E-state index in [1.807, 2.05) is 31.2 Å². The zero-order chi connectivity index (χ0) is 12.3. The van der Waals surface area contributed by atoms with Crippen molar-refractivity contribution in [1.29, 1.82) is 0 Å². The second-order valence-corrected chi connectivity index (χ2v) is 3.66. The molecule has 2 aromatic rings. The summed E-state index contributed by atoms with van der Waals surface area (Å²) in [7, 11) is 0. The first kappa shape index (κ1) is 11.5. The molecule has 0 fully saturated rings. The van der Waals surface area contributed by atoms with E-state index in [1.54, 1.807) is 0 Å². The second kappa shape index (κ2) is 4.87. The largest absolute Gasteiger partial charge is 0.508 e. The number of phenols is 1. The Balaban J connectivity index is 2.32. The molecule has 0 atom stereocenters. The minimum atomic E-state index is -0.450. The summed E-state index contributed by atoms with van der Waals surface area (Å²) in [4.78, 5) is 0. The molecule has 2 aromatic carbocycles. The predicted molar refractivity (Wildman–Crippen MR) is 64.7 cm³/mol. The van der Waals surface area contributed by atoms with Crippen LogP contribution in [0, 0.1) is 5.82 Å². The molecular weight excluding hydrogens is 219 g/mol. The van der Waals surface area contributed by atoms with E-state index in [1.165, 1.54) is 12.1 Å². The number of rotatable bonds is 3. The van der Waals surface area contributed by atoms with E-state index >= 15 is 0 Å². The van der Waals surface area contributed by atoms with E-state index in [0.717, 1.165) is 17.4 Å². The molecule has 88 valence electrons. The third-order valence-corrected chi connectivity index (χ3v) is 2.38. The molecule has 0 aromatic heterocycles. The molecule has 0 aliphatic heterocycles. The molecular formula is C14H13FO2. The smallest absolute Gasteiger partial charge is 0.127 e. The Kier molecular flexibility index (Phi) is 3.28. The van der Waals surface area contributed by atoms with E-state index in [-0.39, 0.29) is 5.75 Å². The van der Waals surface area contributed by atoms with E-state index in [9.17, 15) is 9.50 Å². The van der Waals surface area contributed by atoms with Gasteiger partial charge in [-0.2, -0.15) is 0 Å². The Labute approximate surface area is 99.3 Å². The molecule has 0 saturated heterocycles. The lowest BCUT2D eigenvalue weighted by molar-refractivity contribution is 0.340. The molecule has 3 heteroatoms. The first-order valence-electron chi connectivity index (χ1n) is 5.42. The number of aromatic hydroxyl groups is 1. The number of halogens is 1. The summed E-state index contributed by atoms with van der Waals surface area (Å²) in [6.07, 6.45) is 0. The van der Waals surface area contributed by atoms with Crippen LogP contribution in [0.3, 0.4) is 0 Å². The number of hydrogen-bond acceptors (Lipinski definition) is 2. The fourth-order valence-corrected chi connectivity index (χ4v) is 1.65. The lowest BCUT2D eigenvalue weighted by atomic mass is 10.1. The van der Waals surface area contributed by atoms with Gasteiger partial charge in [-0.3, -0.25) is 0 Å². The molecule has 0 heterocycles. The maximum atomic E-state index is 13.1. The van der Waals surface area contributed by atoms with Crippen LogP contribution in [0.15, 0.2) is 42.5 Å². The van der Waals surface area contributed by atoms with Crippen molar-refractivity contribution in [2.24, 2.45) is 0 Å². The third kappa shape index (κ3) is 2.75. The minimum absolute atomic E-state index is 0.0751. The molecule has 1 N–H and O–H groups in total. The van der Waals surface area contributed by atoms with Crippen molar-refractivity contribution < 1.29 is 14.2 Å². The summed E-state index contributed by atoms with van der Waals surface area (Å²) in [5, 5.41) is 9.33. The van der Waals surface area contributed by atoms with Crippen molar-refractivity contribution in [2.45, 2.75) is 6.92 Å². The zero-order valence-corrected chi connectivity index (χ0v) is 9.48. The van der Waals surface area contributed by atoms with E-state index in [2.05, 4.69) is 0 Å². The Morgan fingerprint density at radius 1 is 1.06 bits per heavy atom. The van der Waals surface area contributed by atoms with Gasteiger partial charge in [0.2, 0.25) is 0 Å². The van der Waals surface area contributed by atoms with Gasteiger partial charge in [0.15, 0.2) is 0 Å². The zero-order valence-electron chi connectivity index (χ0n) is 9.48. The highest BCUT2D eigenvalue weighted by Crippen LogP contribution is 2.26. The Morgan fingerprint density at radius 2 is 1.76 bits per heavy atom. The summed E-state index contributed by atoms with van der Waals surface area (Å²) in [5.74, 6) is 0.250. The van der Waals surface area contributed by atoms with Crippen molar-refractivity contribution in [3.63, 3.8) is 0 Å². The van der Waals surface area contributed by atoms with Gasteiger partial charge in [-0.25, -0.2) is 4.39 Å². The highest BCUT2D eigenvalue weighted by Gasteiger charge is 2.03. The van der Waals surface area contributed by atoms with Gasteiger partial charge in [-0.05, 0) is 42.3 Å². The van der Waals surface area contributed by atoms with Gasteiger partial charge in [0.05, 0.1) is 6.61 Å². The van der Waals surface area contributed by atoms with Crippen molar-refractivity contribution in [2.75, 3.05) is 6.61 Å². The molecule has 2 nitrogen and oxygen atoms in total. The maximum Gasteiger partial charge on any atom is 0.127 e. The third-order valence-electron chi connectivity index (χ3n) is 2.38. The second-order valence-electron chi connectivity index (χ2n) is 3.66. The summed E-state index contributed by atoms with van der Waals surface area (Å²) in [6.45, 7) is 2.53. The van der Waals surface area contributed by atoms with E-state index in [0.29, 0.717) is 12.2 Å². The normalized spacial score (nSPS) is 10.2. The van der Waals surface area contributed by atoms with Gasteiger partial charge < -0.3 is 9.84 Å². The molecule has 0 spiro atoms. The Bertz CT molecular complexity index is 486. The number of ether oxygens (including phenoxy) is 1. The van der Waals surface area contributed by atoms with Crippen LogP contribution in [0.1, 0.15) is 6.92 Å². The van der Waals surface area contributed by atoms with Crippen LogP contribution in [0.2, 0.25) is 0 Å². The topological polar surface area (TPSA) is 29.5 Å². The van der Waals surface area contributed by atoms with Crippen LogP contribution in [0.25, 0.3) is 11.1 Å². The van der Waals surface area contributed by atoms with Crippen molar-refractivity contribution in [3.05, 3.63) is 48.3 Å². The Morgan fingerprint density at radius 3 is 2.35 bits per heavy atom. The van der Waals surface area contributed by atoms with Gasteiger partial charge in [-0.15, -0.1) is 0 Å². The number of phenolic OH excluding ortho intramolecular Hbond substituents is 1. The minimum Gasteiger partial charge on any atom is -0.508 e. The molecule has 0 radical (unpaired) electrons. The molecule has 0 bridgehead atoms. The quantitative estimate of drug-likeness (QED) is 0.876. The van der Waals surface area contributed by atoms with Crippen LogP contribution in [0.5, 0.6) is 11.5 Å². The molecule has 0 unspecified atom stereocenters. The molecule has 17 heavy (non-hydrogen) atoms. The molecule has 0 aliphatic rings. The van der Waals surface area contributed by atoms with Crippen molar-refractivity contribution in [3.8, 4) is 22.6 Å². The summed E-state index contributed by atoms with van der Waals surface area (Å²) in [6, 6.07) is 11.3. The van der Waals surface area contributed by atoms with Gasteiger partial charge in [0.25, 0.3) is 0 Å². The van der Waals surface area contributed by atoms with Gasteiger partial charge in [0.1, 0.15) is 17.3 Å². The van der Waals surface area contributed by atoms with Crippen LogP contribution in [0.4, 0.5) is 4.39 Å². The number of benzene rings is 2. The first-order chi connectivity index (χ1) is 8.19. The standard InChI is InChI=1S/C14H13FO2/c1-2-17-14-5-3-10(4-6-14)11-7-12(15)9-13(16)8-11/h3-9,16H,2H2,1H3. The molecule has 0 amide bonds. The van der Waals surface area contributed by atoms with Crippen LogP contribution in [-0.4, -0.2) is 11.7 Å². The predicted octanol–water partition coefficient (Wildman–Crippen LogP) is 3.60. The van der Waals surface area contributed by atoms with Gasteiger partial charge in [-0.1, -0.05) is 12.1 Å². The van der Waals surface area contributed by atoms with Crippen LogP contribution < -0.4 is 4.74 Å². The lowest BCUT2D eigenvalue weighted by Gasteiger charge is -2.06. The van der Waals surface area contributed by atoms with E-state index in [4.69, 9.17) is 4.74 Å². The Hall–Kier alpha value is -2.03. The van der Waals surface area contributed by atoms with Crippen LogP contribution >= 0.6 is 0 Å². The summed E-state index contributed by atoms with van der Waals surface area (Å²) < 4.78 is 18.4. The molecule has 0 aliphatic carbocycles. The summed E-state index contributed by atoms with van der Waals surface area (Å²) >= 11 is 0. The first-order valence-corrected chi connectivity index (χ1v) is 5.42. The average molecular weight is 232 g/mol. The highest BCUT2D eigenvalue weighted by atomic mass is 19.1. The molecule has 0 saturated carbocycles. The average Bonchev–Trinajstić information content (AvgIpc) is 2.29. The fraction of sp³-hybridized carbons (Fsp3) is 0.143. The highest BCUT2D eigenvalue weighted by molar-refractivity contribution is 5.65. The SMILES string of the molecule is CCOc1ccc(-c2cc(O)cc(F)c2)cc1.